The van der Waals surface area contributed by atoms with Gasteiger partial charge >= 0.3 is 23.5 Å². The van der Waals surface area contributed by atoms with Crippen LogP contribution >= 0.6 is 0 Å². The van der Waals surface area contributed by atoms with E-state index in [9.17, 15) is 4.79 Å². The van der Waals surface area contributed by atoms with E-state index in [-0.39, 0.29) is 5.97 Å². The molecule has 0 aliphatic carbocycles. The lowest BCUT2D eigenvalue weighted by molar-refractivity contribution is -0.143. The van der Waals surface area contributed by atoms with Gasteiger partial charge in [0.25, 0.3) is 0 Å². The number of carbonyl (C=O) groups is 1. The van der Waals surface area contributed by atoms with Crippen molar-refractivity contribution >= 4 is 23.5 Å². The molecular weight excluding hydrogens is 410 g/mol. The quantitative estimate of drug-likeness (QED) is 0.190. The summed E-state index contributed by atoms with van der Waals surface area (Å²) in [7, 11) is -5.01. The molecule has 0 radical (unpaired) electrons. The summed E-state index contributed by atoms with van der Waals surface area (Å²) in [4.78, 5) is 12.2. The summed E-state index contributed by atoms with van der Waals surface area (Å²) in [6.45, 7) is 14.6. The number of hydrogen-bond donors (Lipinski definition) is 0. The monoisotopic (exact) mass is 451 g/mol. The first-order chi connectivity index (χ1) is 14.0. The maximum atomic E-state index is 12.2. The maximum Gasteiger partial charge on any atom is 0.501 e. The molecule has 0 N–H and O–H groups in total. The van der Waals surface area contributed by atoms with Gasteiger partial charge in [0.05, 0.1) is 13.0 Å². The van der Waals surface area contributed by atoms with Gasteiger partial charge in [0.2, 0.25) is 0 Å². The highest BCUT2D eigenvalue weighted by Crippen LogP contribution is 2.28. The lowest BCUT2D eigenvalue weighted by atomic mass is 10.4. The van der Waals surface area contributed by atoms with E-state index in [1.807, 2.05) is 34.6 Å². The molecule has 1 saturated heterocycles. The fourth-order valence-electron chi connectivity index (χ4n) is 3.70. The number of carbonyl (C=O) groups excluding carboxylic acids is 1. The van der Waals surface area contributed by atoms with E-state index in [4.69, 9.17) is 26.9 Å². The second-order valence-electron chi connectivity index (χ2n) is 6.73. The molecule has 0 bridgehead atoms. The summed E-state index contributed by atoms with van der Waals surface area (Å²) in [5.74, 6) is -0.190. The molecular formula is C19H41NO7Si2. The third-order valence-corrected chi connectivity index (χ3v) is 11.7. The zero-order valence-corrected chi connectivity index (χ0v) is 21.0. The van der Waals surface area contributed by atoms with Crippen LogP contribution in [0.4, 0.5) is 0 Å². The minimum atomic E-state index is -2.67. The third-order valence-electron chi connectivity index (χ3n) is 4.71. The summed E-state index contributed by atoms with van der Waals surface area (Å²) in [6, 6.07) is 1.61. The minimum absolute atomic E-state index is 0.190. The fourth-order valence-corrected chi connectivity index (χ4v) is 9.79. The van der Waals surface area contributed by atoms with Crippen LogP contribution in [0.2, 0.25) is 12.1 Å². The predicted octanol–water partition coefficient (Wildman–Crippen LogP) is 3.08. The van der Waals surface area contributed by atoms with Crippen LogP contribution in [0.5, 0.6) is 0 Å². The van der Waals surface area contributed by atoms with Gasteiger partial charge in [0.15, 0.2) is 0 Å². The number of rotatable bonds is 17. The molecule has 1 fully saturated rings. The fraction of sp³-hybridized carbons (Fsp3) is 0.947. The molecule has 0 aromatic heterocycles. The van der Waals surface area contributed by atoms with E-state index < -0.39 is 17.5 Å². The van der Waals surface area contributed by atoms with Crippen LogP contribution < -0.4 is 0 Å². The third kappa shape index (κ3) is 8.74. The van der Waals surface area contributed by atoms with Crippen molar-refractivity contribution < 1.29 is 31.7 Å². The topological polar surface area (TPSA) is 75.7 Å². The summed E-state index contributed by atoms with van der Waals surface area (Å²) >= 11 is 0. The first kappa shape index (κ1) is 26.7. The Morgan fingerprint density at radius 2 is 1.52 bits per heavy atom. The molecule has 1 heterocycles. The molecule has 1 aliphatic heterocycles. The lowest BCUT2D eigenvalue weighted by Crippen LogP contribution is -2.55. The Bertz CT molecular complexity index is 433. The van der Waals surface area contributed by atoms with Crippen LogP contribution in [-0.4, -0.2) is 80.8 Å². The Kier molecular flexibility index (Phi) is 13.5. The molecule has 1 rings (SSSR count). The standard InChI is InChI=1S/C19H41NO7Si2/c1-6-23-28(24-7-2)17-11-14-20(28)15-13-19(21)22-16-12-18-29(25-8-3,26-9-4)27-10-5/h6-18H2,1-5H3. The van der Waals surface area contributed by atoms with Gasteiger partial charge in [-0.1, -0.05) is 0 Å². The van der Waals surface area contributed by atoms with Gasteiger partial charge in [-0.2, -0.15) is 0 Å². The normalized spacial score (nSPS) is 17.0. The average molecular weight is 452 g/mol. The molecule has 0 aromatic carbocycles. The maximum absolute atomic E-state index is 12.2. The number of nitrogens with zero attached hydrogens (tertiary/aromatic N) is 1. The summed E-state index contributed by atoms with van der Waals surface area (Å²) in [5.41, 5.74) is 0. The summed E-state index contributed by atoms with van der Waals surface area (Å²) < 4.78 is 37.2. The molecule has 172 valence electrons. The van der Waals surface area contributed by atoms with Gasteiger partial charge < -0.3 is 26.9 Å². The minimum Gasteiger partial charge on any atom is -0.466 e. The van der Waals surface area contributed by atoms with Crippen LogP contribution in [0, 0.1) is 0 Å². The highest BCUT2D eigenvalue weighted by atomic mass is 28.4. The van der Waals surface area contributed by atoms with E-state index in [2.05, 4.69) is 4.57 Å². The molecule has 8 nitrogen and oxygen atoms in total. The number of hydrogen-bond acceptors (Lipinski definition) is 8. The van der Waals surface area contributed by atoms with Gasteiger partial charge in [-0.15, -0.1) is 0 Å². The zero-order valence-electron chi connectivity index (χ0n) is 19.0. The summed E-state index contributed by atoms with van der Waals surface area (Å²) in [6.07, 6.45) is 2.07. The van der Waals surface area contributed by atoms with Gasteiger partial charge in [0, 0.05) is 51.7 Å². The van der Waals surface area contributed by atoms with Gasteiger partial charge in [-0.25, -0.2) is 0 Å². The van der Waals surface area contributed by atoms with Crippen molar-refractivity contribution in [2.24, 2.45) is 0 Å². The SMILES string of the molecule is CCO[Si](CCCOC(=O)CCN1CCC[Si]1(OCC)OCC)(OCC)OCC. The molecule has 0 aromatic rings. The Labute approximate surface area is 178 Å². The first-order valence-electron chi connectivity index (χ1n) is 11.1. The van der Waals surface area contributed by atoms with E-state index in [1.165, 1.54) is 0 Å². The smallest absolute Gasteiger partial charge is 0.466 e. The van der Waals surface area contributed by atoms with Crippen molar-refractivity contribution in [3.63, 3.8) is 0 Å². The van der Waals surface area contributed by atoms with Crippen LogP contribution in [-0.2, 0) is 31.7 Å². The highest BCUT2D eigenvalue weighted by molar-refractivity contribution is 6.65. The Morgan fingerprint density at radius 1 is 0.931 bits per heavy atom. The van der Waals surface area contributed by atoms with Gasteiger partial charge in [0.1, 0.15) is 0 Å². The molecule has 0 unspecified atom stereocenters. The molecule has 10 heteroatoms. The number of ether oxygens (including phenoxy) is 1. The van der Waals surface area contributed by atoms with Crippen molar-refractivity contribution in [2.45, 2.75) is 66.0 Å². The Morgan fingerprint density at radius 3 is 2.03 bits per heavy atom. The Balaban J connectivity index is 2.41. The Hall–Kier alpha value is -0.336. The van der Waals surface area contributed by atoms with Crippen molar-refractivity contribution in [1.29, 1.82) is 0 Å². The largest absolute Gasteiger partial charge is 0.501 e. The van der Waals surface area contributed by atoms with Crippen molar-refractivity contribution in [2.75, 3.05) is 52.7 Å². The van der Waals surface area contributed by atoms with Gasteiger partial charge in [-0.05, 0) is 54.0 Å². The van der Waals surface area contributed by atoms with E-state index in [0.29, 0.717) is 65.1 Å². The second-order valence-corrected chi connectivity index (χ2v) is 12.6. The van der Waals surface area contributed by atoms with E-state index in [1.54, 1.807) is 0 Å². The van der Waals surface area contributed by atoms with Crippen LogP contribution in [0.25, 0.3) is 0 Å². The number of esters is 1. The predicted molar refractivity (Wildman–Crippen MR) is 116 cm³/mol. The van der Waals surface area contributed by atoms with E-state index >= 15 is 0 Å². The molecule has 29 heavy (non-hydrogen) atoms. The van der Waals surface area contributed by atoms with Gasteiger partial charge in [-0.3, -0.25) is 9.36 Å². The highest BCUT2D eigenvalue weighted by Gasteiger charge is 2.48. The summed E-state index contributed by atoms with van der Waals surface area (Å²) in [5, 5.41) is 0. The van der Waals surface area contributed by atoms with Crippen LogP contribution in [0.1, 0.15) is 53.9 Å². The van der Waals surface area contributed by atoms with Crippen molar-refractivity contribution in [1.82, 2.24) is 4.57 Å². The van der Waals surface area contributed by atoms with Crippen molar-refractivity contribution in [3.8, 4) is 0 Å². The molecule has 0 saturated carbocycles. The van der Waals surface area contributed by atoms with Crippen LogP contribution in [0.3, 0.4) is 0 Å². The zero-order chi connectivity index (χ0) is 21.6. The second kappa shape index (κ2) is 14.6. The molecule has 0 amide bonds. The molecule has 0 spiro atoms. The average Bonchev–Trinajstić information content (AvgIpc) is 3.07. The van der Waals surface area contributed by atoms with E-state index in [0.717, 1.165) is 19.0 Å². The van der Waals surface area contributed by atoms with Crippen molar-refractivity contribution in [3.05, 3.63) is 0 Å². The molecule has 0 atom stereocenters. The lowest BCUT2D eigenvalue weighted by Gasteiger charge is -2.33. The first-order valence-corrected chi connectivity index (χ1v) is 15.0. The van der Waals surface area contributed by atoms with Crippen LogP contribution in [0.15, 0.2) is 0 Å². The molecule has 1 aliphatic rings.